The van der Waals surface area contributed by atoms with Crippen LogP contribution in [0.4, 0.5) is 0 Å². The van der Waals surface area contributed by atoms with Crippen LogP contribution >= 0.6 is 11.6 Å². The fraction of sp³-hybridized carbons (Fsp3) is 0.353. The van der Waals surface area contributed by atoms with E-state index in [1.165, 1.54) is 16.7 Å². The smallest absolute Gasteiger partial charge is 0.0438 e. The zero-order valence-corrected chi connectivity index (χ0v) is 12.8. The number of nitrogens with zero attached hydrogens (tertiary/aromatic N) is 1. The summed E-state index contributed by atoms with van der Waals surface area (Å²) in [5, 5.41) is 4.42. The van der Waals surface area contributed by atoms with Crippen molar-refractivity contribution in [3.8, 4) is 0 Å². The van der Waals surface area contributed by atoms with E-state index in [9.17, 15) is 0 Å². The Hall–Kier alpha value is -1.38. The van der Waals surface area contributed by atoms with Crippen LogP contribution in [0, 0.1) is 6.92 Å². The van der Waals surface area contributed by atoms with Gasteiger partial charge in [-0.2, -0.15) is 0 Å². The van der Waals surface area contributed by atoms with E-state index in [0.717, 1.165) is 24.4 Å². The molecular formula is C17H21ClN2. The number of rotatable bonds is 6. The minimum absolute atomic E-state index is 0.252. The van der Waals surface area contributed by atoms with Gasteiger partial charge in [-0.3, -0.25) is 4.98 Å². The zero-order chi connectivity index (χ0) is 14.4. The quantitative estimate of drug-likeness (QED) is 0.856. The van der Waals surface area contributed by atoms with Crippen LogP contribution in [-0.2, 0) is 6.42 Å². The van der Waals surface area contributed by atoms with Gasteiger partial charge in [0.25, 0.3) is 0 Å². The minimum atomic E-state index is 0.252. The lowest BCUT2D eigenvalue weighted by Gasteiger charge is -2.20. The molecule has 3 heteroatoms. The molecule has 1 aromatic heterocycles. The monoisotopic (exact) mass is 288 g/mol. The van der Waals surface area contributed by atoms with Crippen LogP contribution in [0.5, 0.6) is 0 Å². The van der Waals surface area contributed by atoms with E-state index in [-0.39, 0.29) is 6.04 Å². The molecule has 0 amide bonds. The maximum Gasteiger partial charge on any atom is 0.0438 e. The molecule has 20 heavy (non-hydrogen) atoms. The third-order valence-electron chi connectivity index (χ3n) is 3.32. The predicted molar refractivity (Wildman–Crippen MR) is 85.2 cm³/mol. The number of aryl methyl sites for hydroxylation is 1. The van der Waals surface area contributed by atoms with Crippen molar-refractivity contribution in [3.63, 3.8) is 0 Å². The van der Waals surface area contributed by atoms with Crippen LogP contribution in [0.3, 0.4) is 0 Å². The van der Waals surface area contributed by atoms with E-state index < -0.39 is 0 Å². The SMILES string of the molecule is CCCNC(Cc1ccccc1Cl)c1cncc(C)c1. The minimum Gasteiger partial charge on any atom is -0.310 e. The Labute approximate surface area is 126 Å². The third kappa shape index (κ3) is 4.06. The van der Waals surface area contributed by atoms with Crippen molar-refractivity contribution in [1.29, 1.82) is 0 Å². The normalized spacial score (nSPS) is 12.3. The molecule has 0 aliphatic carbocycles. The summed E-state index contributed by atoms with van der Waals surface area (Å²) in [6, 6.07) is 10.5. The Morgan fingerprint density at radius 1 is 1.25 bits per heavy atom. The summed E-state index contributed by atoms with van der Waals surface area (Å²) in [5.41, 5.74) is 3.58. The van der Waals surface area contributed by atoms with Crippen LogP contribution in [0.15, 0.2) is 42.7 Å². The molecule has 106 valence electrons. The average molecular weight is 289 g/mol. The number of hydrogen-bond acceptors (Lipinski definition) is 2. The standard InChI is InChI=1S/C17H21ClN2/c1-3-8-20-17(15-9-13(2)11-19-12-15)10-14-6-4-5-7-16(14)18/h4-7,9,11-12,17,20H,3,8,10H2,1-2H3. The molecular weight excluding hydrogens is 268 g/mol. The molecule has 0 fully saturated rings. The molecule has 0 spiro atoms. The first-order valence-electron chi connectivity index (χ1n) is 7.09. The molecule has 1 N–H and O–H groups in total. The third-order valence-corrected chi connectivity index (χ3v) is 3.69. The summed E-state index contributed by atoms with van der Waals surface area (Å²) < 4.78 is 0. The van der Waals surface area contributed by atoms with Crippen LogP contribution in [-0.4, -0.2) is 11.5 Å². The zero-order valence-electron chi connectivity index (χ0n) is 12.1. The molecule has 0 aliphatic rings. The van der Waals surface area contributed by atoms with Crippen LogP contribution in [0.2, 0.25) is 5.02 Å². The Morgan fingerprint density at radius 2 is 2.05 bits per heavy atom. The lowest BCUT2D eigenvalue weighted by atomic mass is 9.99. The molecule has 1 unspecified atom stereocenters. The first kappa shape index (κ1) is 15.0. The Kier molecular flexibility index (Phi) is 5.57. The molecule has 1 heterocycles. The summed E-state index contributed by atoms with van der Waals surface area (Å²) >= 11 is 6.28. The highest BCUT2D eigenvalue weighted by atomic mass is 35.5. The van der Waals surface area contributed by atoms with Gasteiger partial charge in [-0.25, -0.2) is 0 Å². The van der Waals surface area contributed by atoms with Crippen molar-refractivity contribution in [3.05, 3.63) is 64.4 Å². The van der Waals surface area contributed by atoms with Gasteiger partial charge in [0.2, 0.25) is 0 Å². The predicted octanol–water partition coefficient (Wildman–Crippen LogP) is 4.33. The van der Waals surface area contributed by atoms with Crippen molar-refractivity contribution >= 4 is 11.6 Å². The number of aromatic nitrogens is 1. The van der Waals surface area contributed by atoms with Gasteiger partial charge >= 0.3 is 0 Å². The summed E-state index contributed by atoms with van der Waals surface area (Å²) in [6.45, 7) is 5.24. The molecule has 2 aromatic rings. The van der Waals surface area contributed by atoms with Gasteiger partial charge in [-0.05, 0) is 49.1 Å². The van der Waals surface area contributed by atoms with Gasteiger partial charge in [-0.1, -0.05) is 42.8 Å². The second kappa shape index (κ2) is 7.41. The van der Waals surface area contributed by atoms with Gasteiger partial charge < -0.3 is 5.32 Å². The summed E-state index contributed by atoms with van der Waals surface area (Å²) in [7, 11) is 0. The second-order valence-corrected chi connectivity index (χ2v) is 5.51. The Morgan fingerprint density at radius 3 is 2.75 bits per heavy atom. The van der Waals surface area contributed by atoms with Gasteiger partial charge in [-0.15, -0.1) is 0 Å². The highest BCUT2D eigenvalue weighted by Gasteiger charge is 2.13. The first-order chi connectivity index (χ1) is 9.70. The van der Waals surface area contributed by atoms with Crippen molar-refractivity contribution in [2.24, 2.45) is 0 Å². The van der Waals surface area contributed by atoms with Gasteiger partial charge in [0.15, 0.2) is 0 Å². The van der Waals surface area contributed by atoms with Gasteiger partial charge in [0.1, 0.15) is 0 Å². The van der Waals surface area contributed by atoms with Crippen molar-refractivity contribution < 1.29 is 0 Å². The maximum atomic E-state index is 6.28. The largest absolute Gasteiger partial charge is 0.310 e. The molecule has 2 rings (SSSR count). The van der Waals surface area contributed by atoms with E-state index in [1.54, 1.807) is 0 Å². The molecule has 0 aliphatic heterocycles. The van der Waals surface area contributed by atoms with E-state index >= 15 is 0 Å². The second-order valence-electron chi connectivity index (χ2n) is 5.10. The number of pyridine rings is 1. The van der Waals surface area contributed by atoms with E-state index in [1.807, 2.05) is 30.6 Å². The highest BCUT2D eigenvalue weighted by molar-refractivity contribution is 6.31. The summed E-state index contributed by atoms with van der Waals surface area (Å²) in [4.78, 5) is 4.30. The number of nitrogens with one attached hydrogen (secondary N) is 1. The molecule has 0 radical (unpaired) electrons. The number of halogens is 1. The van der Waals surface area contributed by atoms with Gasteiger partial charge in [0.05, 0.1) is 0 Å². The van der Waals surface area contributed by atoms with Gasteiger partial charge in [0, 0.05) is 23.5 Å². The number of hydrogen-bond donors (Lipinski definition) is 1. The maximum absolute atomic E-state index is 6.28. The lowest BCUT2D eigenvalue weighted by molar-refractivity contribution is 0.527. The highest BCUT2D eigenvalue weighted by Crippen LogP contribution is 2.23. The lowest BCUT2D eigenvalue weighted by Crippen LogP contribution is -2.24. The Balaban J connectivity index is 2.21. The molecule has 1 atom stereocenters. The molecule has 1 aromatic carbocycles. The fourth-order valence-corrected chi connectivity index (χ4v) is 2.49. The molecule has 0 saturated carbocycles. The first-order valence-corrected chi connectivity index (χ1v) is 7.47. The Bertz CT molecular complexity index is 554. The van der Waals surface area contributed by atoms with Crippen molar-refractivity contribution in [2.45, 2.75) is 32.7 Å². The van der Waals surface area contributed by atoms with Crippen LogP contribution < -0.4 is 5.32 Å². The number of benzene rings is 1. The van der Waals surface area contributed by atoms with E-state index in [0.29, 0.717) is 0 Å². The molecule has 0 bridgehead atoms. The summed E-state index contributed by atoms with van der Waals surface area (Å²) in [5.74, 6) is 0. The molecule has 0 saturated heterocycles. The van der Waals surface area contributed by atoms with E-state index in [2.05, 4.69) is 36.3 Å². The topological polar surface area (TPSA) is 24.9 Å². The van der Waals surface area contributed by atoms with Crippen LogP contribution in [0.25, 0.3) is 0 Å². The van der Waals surface area contributed by atoms with E-state index in [4.69, 9.17) is 11.6 Å². The average Bonchev–Trinajstić information content (AvgIpc) is 2.45. The molecule has 2 nitrogen and oxygen atoms in total. The fourth-order valence-electron chi connectivity index (χ4n) is 2.28. The summed E-state index contributed by atoms with van der Waals surface area (Å²) in [6.07, 6.45) is 5.82. The van der Waals surface area contributed by atoms with Crippen molar-refractivity contribution in [2.75, 3.05) is 6.54 Å². The van der Waals surface area contributed by atoms with Crippen LogP contribution in [0.1, 0.15) is 36.1 Å². The van der Waals surface area contributed by atoms with Crippen molar-refractivity contribution in [1.82, 2.24) is 10.3 Å².